The summed E-state index contributed by atoms with van der Waals surface area (Å²) in [5.74, 6) is -0.228. The molecule has 1 heterocycles. The molecule has 0 bridgehead atoms. The van der Waals surface area contributed by atoms with Crippen LogP contribution in [0.4, 0.5) is 0 Å². The van der Waals surface area contributed by atoms with Gasteiger partial charge in [0.05, 0.1) is 12.1 Å². The first-order chi connectivity index (χ1) is 9.68. The number of aliphatic hydroxyl groups is 1. The normalized spacial score (nSPS) is 34.5. The molecule has 4 heteroatoms. The van der Waals surface area contributed by atoms with Gasteiger partial charge in [0.25, 0.3) is 5.91 Å². The summed E-state index contributed by atoms with van der Waals surface area (Å²) < 4.78 is 6.14. The molecule has 0 radical (unpaired) electrons. The lowest BCUT2D eigenvalue weighted by molar-refractivity contribution is -0.143. The third-order valence-electron chi connectivity index (χ3n) is 4.50. The molecule has 0 spiro atoms. The molecule has 1 amide bonds. The van der Waals surface area contributed by atoms with E-state index in [2.05, 4.69) is 0 Å². The average molecular weight is 275 g/mol. The Morgan fingerprint density at radius 2 is 1.90 bits per heavy atom. The van der Waals surface area contributed by atoms with Crippen molar-refractivity contribution in [2.45, 2.75) is 50.0 Å². The van der Waals surface area contributed by atoms with Gasteiger partial charge in [0.1, 0.15) is 6.10 Å². The van der Waals surface area contributed by atoms with Gasteiger partial charge in [-0.05, 0) is 18.4 Å². The maximum Gasteiger partial charge on any atom is 0.254 e. The third kappa shape index (κ3) is 2.34. The van der Waals surface area contributed by atoms with Gasteiger partial charge in [-0.15, -0.1) is 0 Å². The van der Waals surface area contributed by atoms with E-state index in [9.17, 15) is 9.90 Å². The molecule has 108 valence electrons. The predicted molar refractivity (Wildman–Crippen MR) is 75.1 cm³/mol. The van der Waals surface area contributed by atoms with Crippen molar-refractivity contribution in [3.05, 3.63) is 35.9 Å². The molecule has 1 aromatic rings. The molecule has 1 saturated heterocycles. The number of hydrogen-bond donors (Lipinski definition) is 1. The van der Waals surface area contributed by atoms with E-state index in [1.807, 2.05) is 30.3 Å². The molecule has 1 aliphatic carbocycles. The fourth-order valence-electron chi connectivity index (χ4n) is 3.35. The second kappa shape index (κ2) is 5.54. The van der Waals surface area contributed by atoms with Crippen LogP contribution >= 0.6 is 0 Å². The highest BCUT2D eigenvalue weighted by Crippen LogP contribution is 2.35. The molecular weight excluding hydrogens is 254 g/mol. The number of aliphatic hydroxyl groups excluding tert-OH is 1. The van der Waals surface area contributed by atoms with Gasteiger partial charge in [0.15, 0.2) is 6.10 Å². The lowest BCUT2D eigenvalue weighted by Gasteiger charge is -2.35. The average Bonchev–Trinajstić information content (AvgIpc) is 2.60. The van der Waals surface area contributed by atoms with Crippen LogP contribution in [0.25, 0.3) is 0 Å². The quantitative estimate of drug-likeness (QED) is 0.851. The molecule has 0 unspecified atom stereocenters. The SMILES string of the molecule is CN1C(=O)[C@@H](O)[C@@H](c2ccccc2)O[C@H]2CCCC[C@H]21. The van der Waals surface area contributed by atoms with E-state index in [4.69, 9.17) is 4.74 Å². The maximum atomic E-state index is 12.4. The van der Waals surface area contributed by atoms with Crippen molar-refractivity contribution < 1.29 is 14.6 Å². The smallest absolute Gasteiger partial charge is 0.254 e. The molecule has 1 N–H and O–H groups in total. The van der Waals surface area contributed by atoms with Crippen LogP contribution in [0.1, 0.15) is 37.4 Å². The standard InChI is InChI=1S/C16H21NO3/c1-17-12-9-5-6-10-13(12)20-15(14(18)16(17)19)11-7-3-2-4-8-11/h2-4,7-8,12-15,18H,5-6,9-10H2,1H3/t12-,13+,14+,15-/m1/s1. The van der Waals surface area contributed by atoms with E-state index in [1.165, 1.54) is 0 Å². The summed E-state index contributed by atoms with van der Waals surface area (Å²) in [5, 5.41) is 10.4. The molecule has 4 atom stereocenters. The number of hydrogen-bond acceptors (Lipinski definition) is 3. The number of ether oxygens (including phenoxy) is 1. The number of likely N-dealkylation sites (N-methyl/N-ethyl adjacent to an activating group) is 1. The number of fused-ring (bicyclic) bond motifs is 1. The fourth-order valence-corrected chi connectivity index (χ4v) is 3.35. The molecule has 2 aliphatic rings. The van der Waals surface area contributed by atoms with Crippen LogP contribution in [0.5, 0.6) is 0 Å². The van der Waals surface area contributed by atoms with Gasteiger partial charge in [-0.2, -0.15) is 0 Å². The Labute approximate surface area is 119 Å². The number of amides is 1. The third-order valence-corrected chi connectivity index (χ3v) is 4.50. The molecule has 2 fully saturated rings. The summed E-state index contributed by atoms with van der Waals surface area (Å²) in [4.78, 5) is 14.1. The van der Waals surface area contributed by atoms with Crippen molar-refractivity contribution >= 4 is 5.91 Å². The number of carbonyl (C=O) groups excluding carboxylic acids is 1. The molecule has 20 heavy (non-hydrogen) atoms. The minimum absolute atomic E-state index is 0.0278. The van der Waals surface area contributed by atoms with E-state index >= 15 is 0 Å². The van der Waals surface area contributed by atoms with Gasteiger partial charge in [0.2, 0.25) is 0 Å². The van der Waals surface area contributed by atoms with E-state index in [0.717, 1.165) is 31.2 Å². The summed E-state index contributed by atoms with van der Waals surface area (Å²) in [7, 11) is 1.78. The fraction of sp³-hybridized carbons (Fsp3) is 0.562. The first kappa shape index (κ1) is 13.6. The zero-order valence-electron chi connectivity index (χ0n) is 11.7. The van der Waals surface area contributed by atoms with Crippen molar-refractivity contribution in [3.8, 4) is 0 Å². The number of carbonyl (C=O) groups is 1. The van der Waals surface area contributed by atoms with Crippen molar-refractivity contribution in [1.82, 2.24) is 4.90 Å². The predicted octanol–water partition coefficient (Wildman–Crippen LogP) is 1.89. The van der Waals surface area contributed by atoms with Gasteiger partial charge in [-0.1, -0.05) is 43.2 Å². The van der Waals surface area contributed by atoms with Gasteiger partial charge in [-0.3, -0.25) is 4.79 Å². The summed E-state index contributed by atoms with van der Waals surface area (Å²) in [6, 6.07) is 9.64. The highest BCUT2D eigenvalue weighted by molar-refractivity contribution is 5.82. The monoisotopic (exact) mass is 275 g/mol. The molecule has 1 aromatic carbocycles. The van der Waals surface area contributed by atoms with E-state index in [1.54, 1.807) is 11.9 Å². The lowest BCUT2D eigenvalue weighted by Crippen LogP contribution is -2.46. The largest absolute Gasteiger partial charge is 0.380 e. The molecule has 3 rings (SSSR count). The molecule has 4 nitrogen and oxygen atoms in total. The summed E-state index contributed by atoms with van der Waals surface area (Å²) in [5.41, 5.74) is 0.868. The van der Waals surface area contributed by atoms with Crippen LogP contribution in [-0.2, 0) is 9.53 Å². The Balaban J connectivity index is 1.93. The van der Waals surface area contributed by atoms with Gasteiger partial charge in [-0.25, -0.2) is 0 Å². The minimum atomic E-state index is -1.12. The Hall–Kier alpha value is -1.39. The van der Waals surface area contributed by atoms with Crippen LogP contribution in [0.2, 0.25) is 0 Å². The number of benzene rings is 1. The zero-order chi connectivity index (χ0) is 14.1. The van der Waals surface area contributed by atoms with Crippen LogP contribution in [0.15, 0.2) is 30.3 Å². The topological polar surface area (TPSA) is 49.8 Å². The summed E-state index contributed by atoms with van der Waals surface area (Å²) in [6.45, 7) is 0. The van der Waals surface area contributed by atoms with Crippen molar-refractivity contribution in [1.29, 1.82) is 0 Å². The van der Waals surface area contributed by atoms with Gasteiger partial charge >= 0.3 is 0 Å². The van der Waals surface area contributed by atoms with Crippen LogP contribution in [0.3, 0.4) is 0 Å². The Morgan fingerprint density at radius 1 is 1.20 bits per heavy atom. The summed E-state index contributed by atoms with van der Waals surface area (Å²) >= 11 is 0. The molecule has 0 aromatic heterocycles. The highest BCUT2D eigenvalue weighted by atomic mass is 16.5. The van der Waals surface area contributed by atoms with Gasteiger partial charge < -0.3 is 14.7 Å². The lowest BCUT2D eigenvalue weighted by atomic mass is 9.91. The van der Waals surface area contributed by atoms with Crippen LogP contribution in [0, 0.1) is 0 Å². The van der Waals surface area contributed by atoms with Crippen molar-refractivity contribution in [2.24, 2.45) is 0 Å². The minimum Gasteiger partial charge on any atom is -0.380 e. The van der Waals surface area contributed by atoms with Crippen LogP contribution in [-0.4, -0.2) is 41.2 Å². The highest BCUT2D eigenvalue weighted by Gasteiger charge is 2.43. The first-order valence-corrected chi connectivity index (χ1v) is 7.33. The Morgan fingerprint density at radius 3 is 2.65 bits per heavy atom. The molecule has 1 saturated carbocycles. The number of nitrogens with zero attached hydrogens (tertiary/aromatic N) is 1. The van der Waals surface area contributed by atoms with E-state index in [0.29, 0.717) is 0 Å². The summed E-state index contributed by atoms with van der Waals surface area (Å²) in [6.07, 6.45) is 2.52. The van der Waals surface area contributed by atoms with Gasteiger partial charge in [0, 0.05) is 7.05 Å². The second-order valence-corrected chi connectivity index (χ2v) is 5.75. The Kier molecular flexibility index (Phi) is 3.76. The maximum absolute atomic E-state index is 12.4. The van der Waals surface area contributed by atoms with E-state index in [-0.39, 0.29) is 18.1 Å². The van der Waals surface area contributed by atoms with Crippen molar-refractivity contribution in [3.63, 3.8) is 0 Å². The van der Waals surface area contributed by atoms with Crippen molar-refractivity contribution in [2.75, 3.05) is 7.05 Å². The Bertz CT molecular complexity index is 476. The molecular formula is C16H21NO3. The first-order valence-electron chi connectivity index (χ1n) is 7.33. The van der Waals surface area contributed by atoms with Crippen LogP contribution < -0.4 is 0 Å². The molecule has 1 aliphatic heterocycles. The van der Waals surface area contributed by atoms with E-state index < -0.39 is 12.2 Å². The second-order valence-electron chi connectivity index (χ2n) is 5.75. The zero-order valence-corrected chi connectivity index (χ0v) is 11.7. The number of rotatable bonds is 1.